The number of hydrogen-bond donors (Lipinski definition) is 2. The van der Waals surface area contributed by atoms with Crippen molar-refractivity contribution in [3.8, 4) is 0 Å². The molecule has 0 fully saturated rings. The maximum atomic E-state index is 11.9. The summed E-state index contributed by atoms with van der Waals surface area (Å²) in [5.41, 5.74) is 0.817. The predicted molar refractivity (Wildman–Crippen MR) is 86.1 cm³/mol. The van der Waals surface area contributed by atoms with Crippen molar-refractivity contribution in [2.24, 2.45) is 11.3 Å². The van der Waals surface area contributed by atoms with Crippen LogP contribution in [-0.2, 0) is 16.0 Å². The SMILES string of the molecule is CC(C)(C)CC(CNC(=O)Cc1ccc(Br)cc1)C(=O)O. The zero-order valence-electron chi connectivity index (χ0n) is 12.6. The van der Waals surface area contributed by atoms with Gasteiger partial charge in [-0.3, -0.25) is 9.59 Å². The van der Waals surface area contributed by atoms with Crippen LogP contribution in [0.15, 0.2) is 28.7 Å². The second kappa shape index (κ2) is 7.59. The first kappa shape index (κ1) is 17.7. The number of halogens is 1. The van der Waals surface area contributed by atoms with E-state index >= 15 is 0 Å². The van der Waals surface area contributed by atoms with Gasteiger partial charge in [-0.25, -0.2) is 0 Å². The third-order valence-corrected chi connectivity index (χ3v) is 3.56. The Labute approximate surface area is 134 Å². The highest BCUT2D eigenvalue weighted by molar-refractivity contribution is 9.10. The monoisotopic (exact) mass is 355 g/mol. The maximum absolute atomic E-state index is 11.9. The number of carbonyl (C=O) groups is 2. The number of nitrogens with one attached hydrogen (secondary N) is 1. The number of aliphatic carboxylic acids is 1. The Hall–Kier alpha value is -1.36. The van der Waals surface area contributed by atoms with Crippen LogP contribution in [0.1, 0.15) is 32.8 Å². The van der Waals surface area contributed by atoms with Crippen LogP contribution in [0.5, 0.6) is 0 Å². The molecular weight excluding hydrogens is 334 g/mol. The van der Waals surface area contributed by atoms with Crippen LogP contribution >= 0.6 is 15.9 Å². The van der Waals surface area contributed by atoms with E-state index in [2.05, 4.69) is 21.2 Å². The topological polar surface area (TPSA) is 66.4 Å². The van der Waals surface area contributed by atoms with Gasteiger partial charge < -0.3 is 10.4 Å². The standard InChI is InChI=1S/C16H22BrNO3/c1-16(2,3)9-12(15(20)21)10-18-14(19)8-11-4-6-13(17)7-5-11/h4-7,12H,8-10H2,1-3H3,(H,18,19)(H,20,21). The minimum Gasteiger partial charge on any atom is -0.481 e. The fraction of sp³-hybridized carbons (Fsp3) is 0.500. The van der Waals surface area contributed by atoms with Crippen molar-refractivity contribution in [3.05, 3.63) is 34.3 Å². The average molecular weight is 356 g/mol. The van der Waals surface area contributed by atoms with Gasteiger partial charge in [-0.05, 0) is 29.5 Å². The molecule has 0 saturated heterocycles. The molecule has 1 aromatic rings. The Bertz CT molecular complexity index is 491. The van der Waals surface area contributed by atoms with Crippen molar-refractivity contribution >= 4 is 27.8 Å². The number of amides is 1. The molecule has 0 bridgehead atoms. The summed E-state index contributed by atoms with van der Waals surface area (Å²) in [6, 6.07) is 7.49. The summed E-state index contributed by atoms with van der Waals surface area (Å²) >= 11 is 3.34. The molecule has 21 heavy (non-hydrogen) atoms. The zero-order valence-corrected chi connectivity index (χ0v) is 14.2. The van der Waals surface area contributed by atoms with Crippen molar-refractivity contribution in [1.29, 1.82) is 0 Å². The minimum absolute atomic E-state index is 0.0838. The summed E-state index contributed by atoms with van der Waals surface area (Å²) in [6.45, 7) is 6.15. The molecule has 5 heteroatoms. The molecule has 0 saturated carbocycles. The summed E-state index contributed by atoms with van der Waals surface area (Å²) in [4.78, 5) is 23.1. The maximum Gasteiger partial charge on any atom is 0.308 e. The lowest BCUT2D eigenvalue weighted by Gasteiger charge is -2.23. The van der Waals surface area contributed by atoms with E-state index < -0.39 is 11.9 Å². The van der Waals surface area contributed by atoms with Crippen molar-refractivity contribution in [1.82, 2.24) is 5.32 Å². The third kappa shape index (κ3) is 7.27. The van der Waals surface area contributed by atoms with Gasteiger partial charge in [0.05, 0.1) is 12.3 Å². The molecule has 1 aromatic carbocycles. The van der Waals surface area contributed by atoms with Gasteiger partial charge in [-0.1, -0.05) is 48.8 Å². The Balaban J connectivity index is 2.50. The quantitative estimate of drug-likeness (QED) is 0.822. The van der Waals surface area contributed by atoms with Gasteiger partial charge in [-0.15, -0.1) is 0 Å². The van der Waals surface area contributed by atoms with E-state index in [0.29, 0.717) is 6.42 Å². The van der Waals surface area contributed by atoms with E-state index in [9.17, 15) is 14.7 Å². The number of carboxylic acid groups (broad SMARTS) is 1. The van der Waals surface area contributed by atoms with Crippen LogP contribution in [0.2, 0.25) is 0 Å². The van der Waals surface area contributed by atoms with Crippen molar-refractivity contribution in [2.45, 2.75) is 33.6 Å². The average Bonchev–Trinajstić information content (AvgIpc) is 2.35. The number of rotatable bonds is 6. The summed E-state index contributed by atoms with van der Waals surface area (Å²) in [7, 11) is 0. The fourth-order valence-corrected chi connectivity index (χ4v) is 2.34. The van der Waals surface area contributed by atoms with E-state index in [1.807, 2.05) is 45.0 Å². The third-order valence-electron chi connectivity index (χ3n) is 3.03. The molecule has 1 rings (SSSR count). The van der Waals surface area contributed by atoms with Crippen molar-refractivity contribution in [3.63, 3.8) is 0 Å². The van der Waals surface area contributed by atoms with E-state index in [4.69, 9.17) is 0 Å². The summed E-state index contributed by atoms with van der Waals surface area (Å²) in [5.74, 6) is -1.58. The van der Waals surface area contributed by atoms with Crippen LogP contribution in [0, 0.1) is 11.3 Å². The minimum atomic E-state index is -0.867. The number of benzene rings is 1. The predicted octanol–water partition coefficient (Wildman–Crippen LogP) is 3.24. The van der Waals surface area contributed by atoms with Gasteiger partial charge in [0.25, 0.3) is 0 Å². The molecular formula is C16H22BrNO3. The van der Waals surface area contributed by atoms with Crippen LogP contribution in [-0.4, -0.2) is 23.5 Å². The molecule has 2 N–H and O–H groups in total. The molecule has 4 nitrogen and oxygen atoms in total. The Morgan fingerprint density at radius 3 is 2.29 bits per heavy atom. The summed E-state index contributed by atoms with van der Waals surface area (Å²) in [6.07, 6.45) is 0.788. The Morgan fingerprint density at radius 1 is 1.24 bits per heavy atom. The lowest BCUT2D eigenvalue weighted by atomic mass is 9.84. The zero-order chi connectivity index (χ0) is 16.0. The van der Waals surface area contributed by atoms with Gasteiger partial charge in [-0.2, -0.15) is 0 Å². The highest BCUT2D eigenvalue weighted by atomic mass is 79.9. The largest absolute Gasteiger partial charge is 0.481 e. The van der Waals surface area contributed by atoms with Crippen LogP contribution in [0.25, 0.3) is 0 Å². The number of carbonyl (C=O) groups excluding carboxylic acids is 1. The first-order chi connectivity index (χ1) is 9.67. The van der Waals surface area contributed by atoms with Gasteiger partial charge in [0.1, 0.15) is 0 Å². The highest BCUT2D eigenvalue weighted by Gasteiger charge is 2.24. The van der Waals surface area contributed by atoms with Crippen LogP contribution < -0.4 is 5.32 Å². The smallest absolute Gasteiger partial charge is 0.308 e. The molecule has 0 aliphatic heterocycles. The molecule has 0 aliphatic carbocycles. The van der Waals surface area contributed by atoms with Gasteiger partial charge >= 0.3 is 5.97 Å². The van der Waals surface area contributed by atoms with Gasteiger partial charge in [0.2, 0.25) is 5.91 Å². The van der Waals surface area contributed by atoms with E-state index in [1.165, 1.54) is 0 Å². The van der Waals surface area contributed by atoms with Gasteiger partial charge in [0.15, 0.2) is 0 Å². The second-order valence-electron chi connectivity index (χ2n) is 6.41. The molecule has 0 aliphatic rings. The number of carboxylic acids is 1. The Kier molecular flexibility index (Phi) is 6.40. The Morgan fingerprint density at radius 2 is 1.81 bits per heavy atom. The van der Waals surface area contributed by atoms with Gasteiger partial charge in [0, 0.05) is 11.0 Å². The molecule has 1 amide bonds. The van der Waals surface area contributed by atoms with Crippen LogP contribution in [0.3, 0.4) is 0 Å². The molecule has 0 heterocycles. The highest BCUT2D eigenvalue weighted by Crippen LogP contribution is 2.24. The molecule has 0 aromatic heterocycles. The van der Waals surface area contributed by atoms with E-state index in [1.54, 1.807) is 0 Å². The first-order valence-corrected chi connectivity index (χ1v) is 7.70. The molecule has 0 spiro atoms. The molecule has 0 radical (unpaired) electrons. The van der Waals surface area contributed by atoms with Crippen LogP contribution in [0.4, 0.5) is 0 Å². The normalized spacial score (nSPS) is 12.8. The lowest BCUT2D eigenvalue weighted by molar-refractivity contribution is -0.142. The van der Waals surface area contributed by atoms with Crippen molar-refractivity contribution < 1.29 is 14.7 Å². The van der Waals surface area contributed by atoms with E-state index in [0.717, 1.165) is 10.0 Å². The molecule has 1 atom stereocenters. The first-order valence-electron chi connectivity index (χ1n) is 6.91. The van der Waals surface area contributed by atoms with Crippen molar-refractivity contribution in [2.75, 3.05) is 6.54 Å². The van der Waals surface area contributed by atoms with E-state index in [-0.39, 0.29) is 24.3 Å². The number of hydrogen-bond acceptors (Lipinski definition) is 2. The molecule has 116 valence electrons. The summed E-state index contributed by atoms with van der Waals surface area (Å²) < 4.78 is 0.961. The lowest BCUT2D eigenvalue weighted by Crippen LogP contribution is -2.35. The summed E-state index contributed by atoms with van der Waals surface area (Å²) in [5, 5.41) is 11.9. The second-order valence-corrected chi connectivity index (χ2v) is 7.32. The molecule has 1 unspecified atom stereocenters. The fourth-order valence-electron chi connectivity index (χ4n) is 2.07.